The third-order valence-corrected chi connectivity index (χ3v) is 3.90. The molecule has 0 amide bonds. The van der Waals surface area contributed by atoms with Crippen LogP contribution in [0.4, 0.5) is 6.01 Å². The van der Waals surface area contributed by atoms with Crippen molar-refractivity contribution >= 4 is 44.9 Å². The first kappa shape index (κ1) is 9.05. The minimum Gasteiger partial charge on any atom is -0.423 e. The zero-order chi connectivity index (χ0) is 9.42. The molecule has 0 saturated carbocycles. The Labute approximate surface area is 91.7 Å². The summed E-state index contributed by atoms with van der Waals surface area (Å²) in [5.41, 5.74) is 5.34. The van der Waals surface area contributed by atoms with Crippen LogP contribution >= 0.6 is 38.9 Å². The van der Waals surface area contributed by atoms with E-state index in [2.05, 4.69) is 20.9 Å². The van der Waals surface area contributed by atoms with Gasteiger partial charge in [0.15, 0.2) is 5.76 Å². The van der Waals surface area contributed by atoms with Crippen LogP contribution in [0.1, 0.15) is 0 Å². The molecule has 0 aliphatic heterocycles. The molecule has 2 N–H and O–H groups in total. The molecule has 2 aromatic heterocycles. The SMILES string of the molecule is Nc1ncc(-c2cc(Br)c(Cl)s2)o1. The lowest BCUT2D eigenvalue weighted by Crippen LogP contribution is -1.79. The van der Waals surface area contributed by atoms with Crippen LogP contribution in [-0.4, -0.2) is 4.98 Å². The van der Waals surface area contributed by atoms with Crippen molar-refractivity contribution in [1.82, 2.24) is 4.98 Å². The van der Waals surface area contributed by atoms with Crippen molar-refractivity contribution in [3.05, 3.63) is 21.1 Å². The van der Waals surface area contributed by atoms with E-state index in [1.165, 1.54) is 11.3 Å². The molecule has 0 bridgehead atoms. The van der Waals surface area contributed by atoms with Crippen molar-refractivity contribution in [2.45, 2.75) is 0 Å². The standard InChI is InChI=1S/C7H4BrClN2OS/c8-3-1-5(13-6(3)9)4-2-11-7(10)12-4/h1-2H,(H2,10,11). The van der Waals surface area contributed by atoms with Gasteiger partial charge in [-0.15, -0.1) is 11.3 Å². The fourth-order valence-corrected chi connectivity index (χ4v) is 2.52. The first-order valence-corrected chi connectivity index (χ1v) is 5.32. The van der Waals surface area contributed by atoms with Gasteiger partial charge in [0.05, 0.1) is 11.1 Å². The summed E-state index contributed by atoms with van der Waals surface area (Å²) >= 11 is 10.6. The van der Waals surface area contributed by atoms with Gasteiger partial charge in [-0.2, -0.15) is 0 Å². The maximum absolute atomic E-state index is 5.86. The van der Waals surface area contributed by atoms with Gasteiger partial charge in [0.25, 0.3) is 6.01 Å². The minimum atomic E-state index is 0.163. The predicted octanol–water partition coefficient (Wildman–Crippen LogP) is 3.40. The van der Waals surface area contributed by atoms with E-state index in [0.29, 0.717) is 10.1 Å². The van der Waals surface area contributed by atoms with Crippen molar-refractivity contribution in [2.24, 2.45) is 0 Å². The van der Waals surface area contributed by atoms with Gasteiger partial charge in [0, 0.05) is 4.47 Å². The first-order chi connectivity index (χ1) is 6.16. The lowest BCUT2D eigenvalue weighted by atomic mass is 10.4. The summed E-state index contributed by atoms with van der Waals surface area (Å²) in [7, 11) is 0. The molecule has 0 atom stereocenters. The number of hydrogen-bond donors (Lipinski definition) is 1. The van der Waals surface area contributed by atoms with Gasteiger partial charge in [-0.05, 0) is 22.0 Å². The number of nitrogens with two attached hydrogens (primary N) is 1. The van der Waals surface area contributed by atoms with Crippen LogP contribution < -0.4 is 5.73 Å². The van der Waals surface area contributed by atoms with Crippen LogP contribution in [-0.2, 0) is 0 Å². The summed E-state index contributed by atoms with van der Waals surface area (Å²) in [6.07, 6.45) is 1.57. The summed E-state index contributed by atoms with van der Waals surface area (Å²) in [4.78, 5) is 4.70. The predicted molar refractivity (Wildman–Crippen MR) is 56.9 cm³/mol. The summed E-state index contributed by atoms with van der Waals surface area (Å²) in [6.45, 7) is 0. The molecule has 0 spiro atoms. The third-order valence-electron chi connectivity index (χ3n) is 1.41. The normalized spacial score (nSPS) is 10.6. The Hall–Kier alpha value is -0.520. The largest absolute Gasteiger partial charge is 0.423 e. The molecule has 13 heavy (non-hydrogen) atoms. The minimum absolute atomic E-state index is 0.163. The number of hydrogen-bond acceptors (Lipinski definition) is 4. The summed E-state index contributed by atoms with van der Waals surface area (Å²) in [5.74, 6) is 0.634. The van der Waals surface area contributed by atoms with Crippen molar-refractivity contribution in [3.63, 3.8) is 0 Å². The van der Waals surface area contributed by atoms with Crippen LogP contribution in [0.25, 0.3) is 10.6 Å². The number of nitrogens with zero attached hydrogens (tertiary/aromatic N) is 1. The Kier molecular flexibility index (Phi) is 2.31. The monoisotopic (exact) mass is 278 g/mol. The zero-order valence-electron chi connectivity index (χ0n) is 6.25. The fourth-order valence-electron chi connectivity index (χ4n) is 0.870. The second-order valence-electron chi connectivity index (χ2n) is 2.30. The molecule has 6 heteroatoms. The Morgan fingerprint density at radius 2 is 2.38 bits per heavy atom. The number of nitrogen functional groups attached to an aromatic ring is 1. The lowest BCUT2D eigenvalue weighted by molar-refractivity contribution is 0.596. The highest BCUT2D eigenvalue weighted by molar-refractivity contribution is 9.10. The molecule has 2 heterocycles. The molecule has 2 aromatic rings. The molecule has 0 radical (unpaired) electrons. The van der Waals surface area contributed by atoms with Gasteiger partial charge in [0.1, 0.15) is 4.34 Å². The number of aromatic nitrogens is 1. The van der Waals surface area contributed by atoms with E-state index in [0.717, 1.165) is 9.35 Å². The zero-order valence-corrected chi connectivity index (χ0v) is 9.41. The summed E-state index contributed by atoms with van der Waals surface area (Å²) in [5, 5.41) is 0. The van der Waals surface area contributed by atoms with Crippen LogP contribution in [0, 0.1) is 0 Å². The molecule has 0 aliphatic rings. The van der Waals surface area contributed by atoms with Crippen LogP contribution in [0.3, 0.4) is 0 Å². The lowest BCUT2D eigenvalue weighted by Gasteiger charge is -1.85. The van der Waals surface area contributed by atoms with E-state index in [9.17, 15) is 0 Å². The molecule has 2 rings (SSSR count). The van der Waals surface area contributed by atoms with Gasteiger partial charge in [-0.1, -0.05) is 11.6 Å². The molecule has 0 unspecified atom stereocenters. The maximum Gasteiger partial charge on any atom is 0.292 e. The van der Waals surface area contributed by atoms with E-state index < -0.39 is 0 Å². The highest BCUT2D eigenvalue weighted by Gasteiger charge is 2.10. The Morgan fingerprint density at radius 3 is 2.85 bits per heavy atom. The summed E-state index contributed by atoms with van der Waals surface area (Å²) < 4.78 is 6.67. The number of anilines is 1. The van der Waals surface area contributed by atoms with Gasteiger partial charge in [-0.3, -0.25) is 0 Å². The van der Waals surface area contributed by atoms with Crippen molar-refractivity contribution in [1.29, 1.82) is 0 Å². The number of rotatable bonds is 1. The van der Waals surface area contributed by atoms with E-state index >= 15 is 0 Å². The number of halogens is 2. The second-order valence-corrected chi connectivity index (χ2v) is 4.80. The van der Waals surface area contributed by atoms with E-state index in [1.54, 1.807) is 6.20 Å². The number of oxazole rings is 1. The van der Waals surface area contributed by atoms with Crippen molar-refractivity contribution < 1.29 is 4.42 Å². The maximum atomic E-state index is 5.86. The third kappa shape index (κ3) is 1.72. The molecule has 68 valence electrons. The van der Waals surface area contributed by atoms with Gasteiger partial charge >= 0.3 is 0 Å². The highest BCUT2D eigenvalue weighted by atomic mass is 79.9. The van der Waals surface area contributed by atoms with Gasteiger partial charge < -0.3 is 10.2 Å². The molecule has 0 aromatic carbocycles. The molecule has 0 fully saturated rings. The van der Waals surface area contributed by atoms with E-state index in [1.807, 2.05) is 6.07 Å². The molecular weight excluding hydrogens is 276 g/mol. The average molecular weight is 280 g/mol. The number of thiophene rings is 1. The molecular formula is C7H4BrClN2OS. The van der Waals surface area contributed by atoms with Crippen molar-refractivity contribution in [3.8, 4) is 10.6 Å². The van der Waals surface area contributed by atoms with Crippen LogP contribution in [0.5, 0.6) is 0 Å². The summed E-state index contributed by atoms with van der Waals surface area (Å²) in [6, 6.07) is 2.03. The van der Waals surface area contributed by atoms with Crippen LogP contribution in [0.15, 0.2) is 21.2 Å². The van der Waals surface area contributed by atoms with Gasteiger partial charge in [-0.25, -0.2) is 4.98 Å². The Balaban J connectivity index is 2.46. The molecule has 0 saturated heterocycles. The quantitative estimate of drug-likeness (QED) is 0.870. The Morgan fingerprint density at radius 1 is 1.62 bits per heavy atom. The molecule has 0 aliphatic carbocycles. The first-order valence-electron chi connectivity index (χ1n) is 3.33. The Bertz CT molecular complexity index is 420. The van der Waals surface area contributed by atoms with Crippen LogP contribution in [0.2, 0.25) is 4.34 Å². The topological polar surface area (TPSA) is 52.0 Å². The van der Waals surface area contributed by atoms with Crippen molar-refractivity contribution in [2.75, 3.05) is 5.73 Å². The fraction of sp³-hybridized carbons (Fsp3) is 0. The second kappa shape index (κ2) is 3.32. The average Bonchev–Trinajstić information content (AvgIpc) is 2.61. The smallest absolute Gasteiger partial charge is 0.292 e. The van der Waals surface area contributed by atoms with Gasteiger partial charge in [0.2, 0.25) is 0 Å². The van der Waals surface area contributed by atoms with E-state index in [-0.39, 0.29) is 6.01 Å². The molecule has 3 nitrogen and oxygen atoms in total. The highest BCUT2D eigenvalue weighted by Crippen LogP contribution is 2.38. The van der Waals surface area contributed by atoms with E-state index in [4.69, 9.17) is 21.8 Å².